The van der Waals surface area contributed by atoms with Crippen LogP contribution in [0.15, 0.2) is 54.9 Å². The van der Waals surface area contributed by atoms with Gasteiger partial charge in [0.2, 0.25) is 5.91 Å². The molecule has 1 fully saturated rings. The van der Waals surface area contributed by atoms with Crippen LogP contribution in [0.4, 0.5) is 0 Å². The summed E-state index contributed by atoms with van der Waals surface area (Å²) in [6, 6.07) is 11.9. The van der Waals surface area contributed by atoms with Gasteiger partial charge < -0.3 is 9.88 Å². The number of hydrogen-bond acceptors (Lipinski definition) is 2. The normalized spacial score (nSPS) is 18.4. The number of nitrogens with zero attached hydrogens (tertiary/aromatic N) is 2. The number of halogens is 1. The van der Waals surface area contributed by atoms with Crippen LogP contribution >= 0.6 is 11.6 Å². The molecule has 27 heavy (non-hydrogen) atoms. The first-order valence-corrected chi connectivity index (χ1v) is 9.72. The van der Waals surface area contributed by atoms with Gasteiger partial charge in [-0.3, -0.25) is 4.79 Å². The highest BCUT2D eigenvalue weighted by Crippen LogP contribution is 2.50. The van der Waals surface area contributed by atoms with Gasteiger partial charge in [-0.2, -0.15) is 0 Å². The van der Waals surface area contributed by atoms with Crippen molar-refractivity contribution in [1.82, 2.24) is 14.9 Å². The van der Waals surface area contributed by atoms with Crippen molar-refractivity contribution in [2.24, 2.45) is 0 Å². The Morgan fingerprint density at radius 3 is 2.85 bits per heavy atom. The van der Waals surface area contributed by atoms with Crippen molar-refractivity contribution in [3.8, 4) is 0 Å². The van der Waals surface area contributed by atoms with E-state index in [9.17, 15) is 4.79 Å². The van der Waals surface area contributed by atoms with Gasteiger partial charge in [-0.1, -0.05) is 29.8 Å². The summed E-state index contributed by atoms with van der Waals surface area (Å²) in [5.74, 6) is 0.238. The van der Waals surface area contributed by atoms with Gasteiger partial charge in [0.15, 0.2) is 0 Å². The predicted molar refractivity (Wildman–Crippen MR) is 108 cm³/mol. The van der Waals surface area contributed by atoms with Crippen molar-refractivity contribution in [1.29, 1.82) is 0 Å². The molecule has 2 aromatic heterocycles. The van der Waals surface area contributed by atoms with E-state index in [4.69, 9.17) is 11.6 Å². The van der Waals surface area contributed by atoms with Crippen LogP contribution in [0, 0.1) is 0 Å². The Morgan fingerprint density at radius 2 is 2.11 bits per heavy atom. The number of hydrogen-bond donors (Lipinski definition) is 1. The molecule has 4 nitrogen and oxygen atoms in total. The number of carbonyl (C=O) groups excluding carboxylic acids is 1. The molecule has 1 amide bonds. The van der Waals surface area contributed by atoms with Gasteiger partial charge in [0, 0.05) is 35.9 Å². The minimum Gasteiger partial charge on any atom is -0.346 e. The molecule has 1 saturated carbocycles. The van der Waals surface area contributed by atoms with Gasteiger partial charge in [-0.25, -0.2) is 4.98 Å². The van der Waals surface area contributed by atoms with Crippen LogP contribution in [0.1, 0.15) is 30.4 Å². The van der Waals surface area contributed by atoms with E-state index in [1.54, 1.807) is 0 Å². The molecule has 0 saturated heterocycles. The Hall–Kier alpha value is -2.59. The predicted octanol–water partition coefficient (Wildman–Crippen LogP) is 4.56. The van der Waals surface area contributed by atoms with Gasteiger partial charge in [-0.15, -0.1) is 0 Å². The number of benzene rings is 1. The summed E-state index contributed by atoms with van der Waals surface area (Å²) in [6.45, 7) is 1.41. The molecule has 1 aromatic carbocycles. The SMILES string of the molecule is O=C(N1CC=C(c2ccnc3[nH]ccc23)CC1)C1(c2cccc(Cl)c2)CC1. The minimum atomic E-state index is -0.360. The molecule has 0 atom stereocenters. The minimum absolute atomic E-state index is 0.238. The molecule has 0 spiro atoms. The van der Waals surface area contributed by atoms with E-state index in [2.05, 4.69) is 28.2 Å². The number of pyridine rings is 1. The van der Waals surface area contributed by atoms with Crippen molar-refractivity contribution in [3.63, 3.8) is 0 Å². The fourth-order valence-electron chi connectivity index (χ4n) is 4.18. The third-order valence-corrected chi connectivity index (χ3v) is 6.07. The lowest BCUT2D eigenvalue weighted by Gasteiger charge is -2.30. The molecule has 5 heteroatoms. The number of fused-ring (bicyclic) bond motifs is 1. The van der Waals surface area contributed by atoms with Crippen LogP contribution in [0.5, 0.6) is 0 Å². The van der Waals surface area contributed by atoms with E-state index in [0.29, 0.717) is 11.6 Å². The van der Waals surface area contributed by atoms with Crippen LogP contribution in [-0.4, -0.2) is 33.9 Å². The van der Waals surface area contributed by atoms with E-state index < -0.39 is 0 Å². The zero-order valence-corrected chi connectivity index (χ0v) is 15.7. The lowest BCUT2D eigenvalue weighted by molar-refractivity contribution is -0.133. The topological polar surface area (TPSA) is 49.0 Å². The lowest BCUT2D eigenvalue weighted by atomic mass is 9.92. The van der Waals surface area contributed by atoms with Crippen LogP contribution in [0.2, 0.25) is 5.02 Å². The van der Waals surface area contributed by atoms with Crippen molar-refractivity contribution in [2.75, 3.05) is 13.1 Å². The number of nitrogens with one attached hydrogen (secondary N) is 1. The molecular formula is C22H20ClN3O. The zero-order valence-electron chi connectivity index (χ0n) is 14.9. The maximum atomic E-state index is 13.2. The molecule has 2 aliphatic rings. The summed E-state index contributed by atoms with van der Waals surface area (Å²) in [4.78, 5) is 22.8. The molecule has 5 rings (SSSR count). The second-order valence-corrected chi connectivity index (χ2v) is 7.86. The maximum absolute atomic E-state index is 13.2. The van der Waals surface area contributed by atoms with Gasteiger partial charge in [0.25, 0.3) is 0 Å². The maximum Gasteiger partial charge on any atom is 0.233 e. The monoisotopic (exact) mass is 377 g/mol. The summed E-state index contributed by atoms with van der Waals surface area (Å²) in [7, 11) is 0. The van der Waals surface area contributed by atoms with Gasteiger partial charge in [-0.05, 0) is 60.2 Å². The third-order valence-electron chi connectivity index (χ3n) is 5.84. The number of carbonyl (C=O) groups is 1. The van der Waals surface area contributed by atoms with Crippen LogP contribution in [-0.2, 0) is 10.2 Å². The first-order chi connectivity index (χ1) is 13.2. The molecule has 3 aromatic rings. The molecule has 136 valence electrons. The Balaban J connectivity index is 1.39. The highest BCUT2D eigenvalue weighted by atomic mass is 35.5. The Kier molecular flexibility index (Phi) is 3.83. The Morgan fingerprint density at radius 1 is 1.22 bits per heavy atom. The standard InChI is InChI=1S/C22H20ClN3O/c23-17-3-1-2-16(14-17)22(8-9-22)21(27)26-12-6-15(7-13-26)18-4-10-24-20-19(18)5-11-25-20/h1-6,10-11,14H,7-9,12-13H2,(H,24,25). The third kappa shape index (κ3) is 2.76. The Bertz CT molecular complexity index is 1060. The van der Waals surface area contributed by atoms with Crippen LogP contribution < -0.4 is 0 Å². The quantitative estimate of drug-likeness (QED) is 0.727. The zero-order chi connectivity index (χ0) is 18.4. The number of H-pyrrole nitrogens is 1. The second-order valence-electron chi connectivity index (χ2n) is 7.42. The molecule has 1 N–H and O–H groups in total. The largest absolute Gasteiger partial charge is 0.346 e. The van der Waals surface area contributed by atoms with Crippen molar-refractivity contribution in [2.45, 2.75) is 24.7 Å². The number of amides is 1. The summed E-state index contributed by atoms with van der Waals surface area (Å²) in [5, 5.41) is 1.83. The van der Waals surface area contributed by atoms with E-state index in [1.165, 1.54) is 11.1 Å². The van der Waals surface area contributed by atoms with E-state index >= 15 is 0 Å². The van der Waals surface area contributed by atoms with E-state index in [-0.39, 0.29) is 11.3 Å². The lowest BCUT2D eigenvalue weighted by Crippen LogP contribution is -2.41. The van der Waals surface area contributed by atoms with Gasteiger partial charge in [0.1, 0.15) is 5.65 Å². The molecule has 3 heterocycles. The molecule has 0 unspecified atom stereocenters. The Labute approximate surface area is 162 Å². The van der Waals surface area contributed by atoms with Crippen molar-refractivity contribution < 1.29 is 4.79 Å². The van der Waals surface area contributed by atoms with Crippen molar-refractivity contribution >= 4 is 34.1 Å². The fourth-order valence-corrected chi connectivity index (χ4v) is 4.37. The summed E-state index contributed by atoms with van der Waals surface area (Å²) in [5.41, 5.74) is 4.10. The highest BCUT2D eigenvalue weighted by Gasteiger charge is 2.53. The summed E-state index contributed by atoms with van der Waals surface area (Å²) >= 11 is 6.15. The van der Waals surface area contributed by atoms with E-state index in [0.717, 1.165) is 42.4 Å². The van der Waals surface area contributed by atoms with Crippen LogP contribution in [0.3, 0.4) is 0 Å². The number of rotatable bonds is 3. The molecule has 0 radical (unpaired) electrons. The summed E-state index contributed by atoms with van der Waals surface area (Å²) in [6.07, 6.45) is 8.63. The highest BCUT2D eigenvalue weighted by molar-refractivity contribution is 6.30. The van der Waals surface area contributed by atoms with Gasteiger partial charge in [0.05, 0.1) is 5.41 Å². The number of aromatic amines is 1. The number of aromatic nitrogens is 2. The second kappa shape index (κ2) is 6.24. The first-order valence-electron chi connectivity index (χ1n) is 9.34. The fraction of sp³-hybridized carbons (Fsp3) is 0.273. The first kappa shape index (κ1) is 16.6. The average molecular weight is 378 g/mol. The van der Waals surface area contributed by atoms with Crippen LogP contribution in [0.25, 0.3) is 16.6 Å². The average Bonchev–Trinajstić information content (AvgIpc) is 3.37. The van der Waals surface area contributed by atoms with Crippen molar-refractivity contribution in [3.05, 3.63) is 71.0 Å². The van der Waals surface area contributed by atoms with E-state index in [1.807, 2.05) is 41.6 Å². The molecule has 1 aliphatic carbocycles. The van der Waals surface area contributed by atoms with Gasteiger partial charge >= 0.3 is 0 Å². The summed E-state index contributed by atoms with van der Waals surface area (Å²) < 4.78 is 0. The smallest absolute Gasteiger partial charge is 0.233 e. The molecule has 1 aliphatic heterocycles. The molecular weight excluding hydrogens is 358 g/mol. The molecule has 0 bridgehead atoms.